The predicted molar refractivity (Wildman–Crippen MR) is 95.7 cm³/mol. The molecular weight excluding hydrogens is 334 g/mol. The van der Waals surface area contributed by atoms with E-state index in [2.05, 4.69) is 25.8 Å². The van der Waals surface area contributed by atoms with Crippen LogP contribution in [-0.2, 0) is 16.0 Å². The van der Waals surface area contributed by atoms with Gasteiger partial charge in [-0.1, -0.05) is 13.8 Å². The van der Waals surface area contributed by atoms with Gasteiger partial charge in [-0.2, -0.15) is 5.10 Å². The number of amides is 2. The second kappa shape index (κ2) is 7.72. The maximum absolute atomic E-state index is 12.1. The highest BCUT2D eigenvalue weighted by atomic mass is 16.4. The molecule has 8 heteroatoms. The zero-order valence-electron chi connectivity index (χ0n) is 15.3. The number of aryl methyl sites for hydroxylation is 1. The number of nitrogens with zero attached hydrogens (tertiary/aromatic N) is 2. The smallest absolute Gasteiger partial charge is 0.225 e. The Morgan fingerprint density at radius 1 is 1.38 bits per heavy atom. The van der Waals surface area contributed by atoms with Crippen molar-refractivity contribution in [1.29, 1.82) is 0 Å². The van der Waals surface area contributed by atoms with Gasteiger partial charge in [0.1, 0.15) is 11.6 Å². The summed E-state index contributed by atoms with van der Waals surface area (Å²) in [6.07, 6.45) is 4.25. The monoisotopic (exact) mass is 359 g/mol. The molecule has 2 heterocycles. The number of nitrogens with one attached hydrogen (secondary N) is 3. The van der Waals surface area contributed by atoms with E-state index in [0.29, 0.717) is 36.2 Å². The Hall–Kier alpha value is -2.64. The molecule has 0 atom stereocenters. The normalized spacial score (nSPS) is 19.2. The minimum atomic E-state index is -0.104. The fourth-order valence-corrected chi connectivity index (χ4v) is 3.03. The number of aromatic nitrogens is 3. The number of hydrogen-bond donors (Lipinski definition) is 3. The van der Waals surface area contributed by atoms with E-state index in [9.17, 15) is 9.59 Å². The molecule has 0 spiro atoms. The van der Waals surface area contributed by atoms with Crippen LogP contribution in [0.2, 0.25) is 0 Å². The van der Waals surface area contributed by atoms with Crippen LogP contribution in [0.5, 0.6) is 0 Å². The van der Waals surface area contributed by atoms with Crippen LogP contribution in [0.15, 0.2) is 16.7 Å². The Kier molecular flexibility index (Phi) is 5.39. The summed E-state index contributed by atoms with van der Waals surface area (Å²) in [4.78, 5) is 27.3. The summed E-state index contributed by atoms with van der Waals surface area (Å²) in [6, 6.07) is 2.09. The lowest BCUT2D eigenvalue weighted by Crippen LogP contribution is -2.42. The molecule has 3 N–H and O–H groups in total. The molecule has 140 valence electrons. The van der Waals surface area contributed by atoms with Crippen molar-refractivity contribution in [3.63, 3.8) is 0 Å². The molecule has 0 aliphatic heterocycles. The van der Waals surface area contributed by atoms with Crippen LogP contribution in [0.4, 0.5) is 5.82 Å². The third-order valence-corrected chi connectivity index (χ3v) is 4.50. The molecule has 8 nitrogen and oxygen atoms in total. The summed E-state index contributed by atoms with van der Waals surface area (Å²) in [5.41, 5.74) is 0.915. The van der Waals surface area contributed by atoms with Gasteiger partial charge < -0.3 is 15.1 Å². The summed E-state index contributed by atoms with van der Waals surface area (Å²) in [5.74, 6) is 2.44. The van der Waals surface area contributed by atoms with E-state index in [-0.39, 0.29) is 23.8 Å². The number of carbonyl (C=O) groups is 2. The average Bonchev–Trinajstić information content (AvgIpc) is 3.17. The molecule has 0 saturated heterocycles. The topological polar surface area (TPSA) is 113 Å². The first-order valence-electron chi connectivity index (χ1n) is 8.97. The van der Waals surface area contributed by atoms with Gasteiger partial charge in [0, 0.05) is 43.7 Å². The Morgan fingerprint density at radius 2 is 2.15 bits per heavy atom. The van der Waals surface area contributed by atoms with E-state index in [1.807, 2.05) is 19.9 Å². The highest BCUT2D eigenvalue weighted by Gasteiger charge is 2.32. The Labute approximate surface area is 152 Å². The molecule has 0 aromatic carbocycles. The van der Waals surface area contributed by atoms with Crippen LogP contribution in [0.25, 0.3) is 0 Å². The molecule has 1 aliphatic rings. The average molecular weight is 359 g/mol. The molecule has 2 aromatic rings. The third kappa shape index (κ3) is 4.50. The molecular formula is C18H25N5O3. The van der Waals surface area contributed by atoms with Crippen LogP contribution in [-0.4, -0.2) is 33.0 Å². The third-order valence-electron chi connectivity index (χ3n) is 4.50. The van der Waals surface area contributed by atoms with Crippen LogP contribution < -0.4 is 10.6 Å². The standard InChI is InChI=1S/C18H25N5O3/c1-10(2)18-19-9-14(26-18)4-5-17(25)21-16-8-15(22-23-16)12-6-13(7-12)20-11(3)24/h8-10,12-13H,4-7H2,1-3H3,(H,20,24)(H2,21,22,23,25)/t12-,13+. The van der Waals surface area contributed by atoms with Crippen molar-refractivity contribution < 1.29 is 14.0 Å². The van der Waals surface area contributed by atoms with Gasteiger partial charge in [0.05, 0.1) is 11.9 Å². The maximum atomic E-state index is 12.1. The summed E-state index contributed by atoms with van der Waals surface area (Å²) in [6.45, 7) is 5.55. The first-order chi connectivity index (χ1) is 12.4. The lowest BCUT2D eigenvalue weighted by molar-refractivity contribution is -0.120. The fraction of sp³-hybridized carbons (Fsp3) is 0.556. The fourth-order valence-electron chi connectivity index (χ4n) is 3.03. The lowest BCUT2D eigenvalue weighted by atomic mass is 9.78. The number of H-pyrrole nitrogens is 1. The van der Waals surface area contributed by atoms with Gasteiger partial charge in [-0.15, -0.1) is 0 Å². The first-order valence-corrected chi connectivity index (χ1v) is 8.97. The van der Waals surface area contributed by atoms with E-state index in [1.165, 1.54) is 6.92 Å². The van der Waals surface area contributed by atoms with Crippen molar-refractivity contribution in [2.45, 2.75) is 64.3 Å². The molecule has 2 aromatic heterocycles. The molecule has 1 fully saturated rings. The maximum Gasteiger partial charge on any atom is 0.225 e. The number of oxazole rings is 1. The summed E-state index contributed by atoms with van der Waals surface area (Å²) >= 11 is 0. The molecule has 0 bridgehead atoms. The van der Waals surface area contributed by atoms with Crippen molar-refractivity contribution in [3.05, 3.63) is 29.6 Å². The molecule has 26 heavy (non-hydrogen) atoms. The SMILES string of the molecule is CC(=O)N[C@H]1C[C@@H](c2cc(NC(=O)CCc3cnc(C(C)C)o3)[nH]n2)C1. The Morgan fingerprint density at radius 3 is 2.81 bits per heavy atom. The highest BCUT2D eigenvalue weighted by Crippen LogP contribution is 2.36. The minimum Gasteiger partial charge on any atom is -0.445 e. The number of aromatic amines is 1. The molecule has 0 radical (unpaired) electrons. The Bertz CT molecular complexity index is 773. The van der Waals surface area contributed by atoms with Crippen LogP contribution >= 0.6 is 0 Å². The summed E-state index contributed by atoms with van der Waals surface area (Å²) in [5, 5.41) is 12.8. The van der Waals surface area contributed by atoms with Gasteiger partial charge >= 0.3 is 0 Å². The zero-order valence-corrected chi connectivity index (χ0v) is 15.3. The van der Waals surface area contributed by atoms with Gasteiger partial charge in [0.15, 0.2) is 5.89 Å². The highest BCUT2D eigenvalue weighted by molar-refractivity contribution is 5.89. The van der Waals surface area contributed by atoms with Gasteiger partial charge in [-0.25, -0.2) is 4.98 Å². The summed E-state index contributed by atoms with van der Waals surface area (Å²) < 4.78 is 5.60. The minimum absolute atomic E-state index is 0.00398. The number of hydrogen-bond acceptors (Lipinski definition) is 5. The van der Waals surface area contributed by atoms with Gasteiger partial charge in [0.2, 0.25) is 11.8 Å². The number of anilines is 1. The number of rotatable bonds is 7. The zero-order chi connectivity index (χ0) is 18.7. The molecule has 0 unspecified atom stereocenters. The Balaban J connectivity index is 1.43. The van der Waals surface area contributed by atoms with Crippen molar-refractivity contribution >= 4 is 17.6 Å². The van der Waals surface area contributed by atoms with Crippen molar-refractivity contribution in [2.24, 2.45) is 0 Å². The van der Waals surface area contributed by atoms with Gasteiger partial charge in [-0.3, -0.25) is 14.7 Å². The van der Waals surface area contributed by atoms with Gasteiger partial charge in [-0.05, 0) is 12.8 Å². The van der Waals surface area contributed by atoms with E-state index in [0.717, 1.165) is 18.5 Å². The van der Waals surface area contributed by atoms with E-state index in [1.54, 1.807) is 6.20 Å². The van der Waals surface area contributed by atoms with Crippen LogP contribution in [0.1, 0.15) is 69.2 Å². The molecule has 1 saturated carbocycles. The second-order valence-corrected chi connectivity index (χ2v) is 7.14. The first kappa shape index (κ1) is 18.2. The van der Waals surface area contributed by atoms with Crippen molar-refractivity contribution in [1.82, 2.24) is 20.5 Å². The van der Waals surface area contributed by atoms with Crippen LogP contribution in [0.3, 0.4) is 0 Å². The van der Waals surface area contributed by atoms with E-state index in [4.69, 9.17) is 4.42 Å². The molecule has 3 rings (SSSR count). The van der Waals surface area contributed by atoms with Gasteiger partial charge in [0.25, 0.3) is 0 Å². The largest absolute Gasteiger partial charge is 0.445 e. The molecule has 2 amide bonds. The summed E-state index contributed by atoms with van der Waals surface area (Å²) in [7, 11) is 0. The van der Waals surface area contributed by atoms with Crippen molar-refractivity contribution in [3.8, 4) is 0 Å². The van der Waals surface area contributed by atoms with E-state index < -0.39 is 0 Å². The lowest BCUT2D eigenvalue weighted by Gasteiger charge is -2.34. The predicted octanol–water partition coefficient (Wildman–Crippen LogP) is 2.47. The van der Waals surface area contributed by atoms with Crippen molar-refractivity contribution in [2.75, 3.05) is 5.32 Å². The number of carbonyl (C=O) groups excluding carboxylic acids is 2. The quantitative estimate of drug-likeness (QED) is 0.703. The molecule has 1 aliphatic carbocycles. The van der Waals surface area contributed by atoms with Crippen LogP contribution in [0, 0.1) is 0 Å². The van der Waals surface area contributed by atoms with E-state index >= 15 is 0 Å². The second-order valence-electron chi connectivity index (χ2n) is 7.14.